The van der Waals surface area contributed by atoms with Gasteiger partial charge in [0.05, 0.1) is 40.3 Å². The summed E-state index contributed by atoms with van der Waals surface area (Å²) in [5.74, 6) is 0. The average Bonchev–Trinajstić information content (AvgIpc) is 3.26. The van der Waals surface area contributed by atoms with Crippen molar-refractivity contribution in [2.75, 3.05) is 11.9 Å². The number of nitrogens with one attached hydrogen (secondary N) is 1. The lowest BCUT2D eigenvalue weighted by atomic mass is 10.2. The van der Waals surface area contributed by atoms with Crippen molar-refractivity contribution in [1.29, 1.82) is 0 Å². The van der Waals surface area contributed by atoms with E-state index in [1.807, 2.05) is 18.2 Å². The summed E-state index contributed by atoms with van der Waals surface area (Å²) in [7, 11) is -2.59. The third kappa shape index (κ3) is 5.30. The van der Waals surface area contributed by atoms with Crippen molar-refractivity contribution in [2.45, 2.75) is 18.4 Å². The van der Waals surface area contributed by atoms with Gasteiger partial charge < -0.3 is 4.90 Å². The first-order chi connectivity index (χ1) is 16.7. The summed E-state index contributed by atoms with van der Waals surface area (Å²) in [4.78, 5) is 18.6. The molecule has 4 aromatic rings. The van der Waals surface area contributed by atoms with Gasteiger partial charge in [0.25, 0.3) is 15.7 Å². The summed E-state index contributed by atoms with van der Waals surface area (Å²) in [5.41, 5.74) is 2.34. The highest BCUT2D eigenvalue weighted by Crippen LogP contribution is 2.29. The van der Waals surface area contributed by atoms with Crippen molar-refractivity contribution < 1.29 is 13.3 Å². The molecule has 0 amide bonds. The number of hydrazone groups is 1. The van der Waals surface area contributed by atoms with Crippen molar-refractivity contribution in [3.8, 4) is 0 Å². The van der Waals surface area contributed by atoms with Gasteiger partial charge >= 0.3 is 0 Å². The lowest BCUT2D eigenvalue weighted by molar-refractivity contribution is -0.385. The number of anilines is 1. The van der Waals surface area contributed by atoms with Crippen LogP contribution in [0.2, 0.25) is 0 Å². The molecular formula is C22H20BrN7O4S. The molecule has 4 rings (SSSR count). The van der Waals surface area contributed by atoms with Crippen LogP contribution in [-0.2, 0) is 16.6 Å². The summed E-state index contributed by atoms with van der Waals surface area (Å²) in [6.45, 7) is 1.93. The van der Waals surface area contributed by atoms with Crippen LogP contribution in [0.3, 0.4) is 0 Å². The summed E-state index contributed by atoms with van der Waals surface area (Å²) in [5, 5.41) is 19.7. The van der Waals surface area contributed by atoms with Gasteiger partial charge in [-0.3, -0.25) is 15.1 Å². The first-order valence-electron chi connectivity index (χ1n) is 10.2. The van der Waals surface area contributed by atoms with E-state index in [0.29, 0.717) is 23.5 Å². The average molecular weight is 558 g/mol. The van der Waals surface area contributed by atoms with Crippen LogP contribution in [0.25, 0.3) is 5.52 Å². The minimum Gasteiger partial charge on any atom is -0.368 e. The summed E-state index contributed by atoms with van der Waals surface area (Å²) < 4.78 is 29.0. The molecule has 35 heavy (non-hydrogen) atoms. The maximum Gasteiger partial charge on any atom is 0.278 e. The molecule has 0 saturated carbocycles. The molecule has 0 bridgehead atoms. The minimum absolute atomic E-state index is 0.265. The standard InChI is InChI=1S/C22H20BrN7O4S/c1-15(19-13-25-29-10-8-16(23)11-21(19)29)26-27-35(33,34)22-12-18(30(31)32)6-7-20(22)28(2)14-17-5-3-4-9-24-17/h3-13,27H,14H2,1-2H3. The number of non-ortho nitro benzene ring substituents is 1. The van der Waals surface area contributed by atoms with E-state index in [0.717, 1.165) is 16.1 Å². The fraction of sp³-hybridized carbons (Fsp3) is 0.136. The number of nitro groups is 1. The van der Waals surface area contributed by atoms with Gasteiger partial charge in [-0.2, -0.15) is 23.4 Å². The van der Waals surface area contributed by atoms with Gasteiger partial charge in [0, 0.05) is 41.6 Å². The molecule has 3 aromatic heterocycles. The number of nitrogens with zero attached hydrogens (tertiary/aromatic N) is 6. The van der Waals surface area contributed by atoms with E-state index in [2.05, 4.69) is 35.9 Å². The van der Waals surface area contributed by atoms with Crippen molar-refractivity contribution in [1.82, 2.24) is 19.4 Å². The van der Waals surface area contributed by atoms with Crippen molar-refractivity contribution in [2.24, 2.45) is 5.10 Å². The highest BCUT2D eigenvalue weighted by Gasteiger charge is 2.24. The zero-order valence-corrected chi connectivity index (χ0v) is 21.1. The smallest absolute Gasteiger partial charge is 0.278 e. The molecule has 0 aliphatic heterocycles. The fourth-order valence-corrected chi connectivity index (χ4v) is 4.90. The number of hydrogen-bond donors (Lipinski definition) is 1. The van der Waals surface area contributed by atoms with Crippen LogP contribution in [0.1, 0.15) is 18.2 Å². The highest BCUT2D eigenvalue weighted by atomic mass is 79.9. The second kappa shape index (κ2) is 9.80. The molecule has 180 valence electrons. The van der Waals surface area contributed by atoms with Crippen LogP contribution in [0.4, 0.5) is 11.4 Å². The molecule has 0 aliphatic rings. The number of fused-ring (bicyclic) bond motifs is 1. The Labute approximate surface area is 209 Å². The number of aromatic nitrogens is 3. The molecular weight excluding hydrogens is 538 g/mol. The topological polar surface area (TPSA) is 135 Å². The fourth-order valence-electron chi connectivity index (χ4n) is 3.44. The Kier molecular flexibility index (Phi) is 6.80. The molecule has 0 radical (unpaired) electrons. The predicted octanol–water partition coefficient (Wildman–Crippen LogP) is 3.74. The van der Waals surface area contributed by atoms with Crippen LogP contribution in [-0.4, -0.2) is 40.7 Å². The molecule has 0 aliphatic carbocycles. The Balaban J connectivity index is 1.69. The zero-order valence-electron chi connectivity index (χ0n) is 18.7. The van der Waals surface area contributed by atoms with Crippen LogP contribution < -0.4 is 9.73 Å². The van der Waals surface area contributed by atoms with Gasteiger partial charge in [-0.1, -0.05) is 22.0 Å². The molecule has 3 heterocycles. The lowest BCUT2D eigenvalue weighted by Crippen LogP contribution is -2.25. The quantitative estimate of drug-likeness (QED) is 0.198. The zero-order chi connectivity index (χ0) is 25.2. The van der Waals surface area contributed by atoms with Gasteiger partial charge in [0.2, 0.25) is 0 Å². The Morgan fingerprint density at radius 2 is 2.06 bits per heavy atom. The van der Waals surface area contributed by atoms with Crippen molar-refractivity contribution in [3.63, 3.8) is 0 Å². The molecule has 0 atom stereocenters. The van der Waals surface area contributed by atoms with E-state index in [4.69, 9.17) is 0 Å². The van der Waals surface area contributed by atoms with Crippen LogP contribution >= 0.6 is 15.9 Å². The minimum atomic E-state index is -4.27. The van der Waals surface area contributed by atoms with Gasteiger partial charge in [-0.05, 0) is 37.3 Å². The summed E-state index contributed by atoms with van der Waals surface area (Å²) in [6, 6.07) is 12.7. The van der Waals surface area contributed by atoms with E-state index in [1.54, 1.807) is 54.1 Å². The third-order valence-corrected chi connectivity index (χ3v) is 6.92. The number of sulfonamides is 1. The van der Waals surface area contributed by atoms with Gasteiger partial charge in [0.1, 0.15) is 4.90 Å². The van der Waals surface area contributed by atoms with Crippen molar-refractivity contribution >= 4 is 48.6 Å². The number of nitro benzene ring substituents is 1. The number of hydrogen-bond acceptors (Lipinski definition) is 8. The molecule has 0 fully saturated rings. The molecule has 0 unspecified atom stereocenters. The predicted molar refractivity (Wildman–Crippen MR) is 135 cm³/mol. The van der Waals surface area contributed by atoms with E-state index in [1.165, 1.54) is 12.1 Å². The normalized spacial score (nSPS) is 12.0. The largest absolute Gasteiger partial charge is 0.368 e. The SMILES string of the molecule is CC(=NNS(=O)(=O)c1cc([N+](=O)[O-])ccc1N(C)Cc1ccccn1)c1cnn2ccc(Br)cc12. The molecule has 1 N–H and O–H groups in total. The first kappa shape index (κ1) is 24.3. The molecule has 0 saturated heterocycles. The number of rotatable bonds is 8. The van der Waals surface area contributed by atoms with Crippen LogP contribution in [0, 0.1) is 10.1 Å². The second-order valence-corrected chi connectivity index (χ2v) is 10.2. The number of benzene rings is 1. The van der Waals surface area contributed by atoms with Gasteiger partial charge in [0.15, 0.2) is 0 Å². The Bertz CT molecular complexity index is 1540. The van der Waals surface area contributed by atoms with Gasteiger partial charge in [-0.25, -0.2) is 4.52 Å². The van der Waals surface area contributed by atoms with Gasteiger partial charge in [-0.15, -0.1) is 0 Å². The summed E-state index contributed by atoms with van der Waals surface area (Å²) in [6.07, 6.45) is 4.97. The maximum absolute atomic E-state index is 13.3. The highest BCUT2D eigenvalue weighted by molar-refractivity contribution is 9.10. The van der Waals surface area contributed by atoms with Crippen LogP contribution in [0.5, 0.6) is 0 Å². The third-order valence-electron chi connectivity index (χ3n) is 5.19. The van der Waals surface area contributed by atoms with E-state index in [-0.39, 0.29) is 16.3 Å². The molecule has 1 aromatic carbocycles. The van der Waals surface area contributed by atoms with Crippen LogP contribution in [0.15, 0.2) is 81.6 Å². The second-order valence-electron chi connectivity index (χ2n) is 7.61. The van der Waals surface area contributed by atoms with E-state index < -0.39 is 14.9 Å². The molecule has 11 nitrogen and oxygen atoms in total. The van der Waals surface area contributed by atoms with E-state index >= 15 is 0 Å². The Morgan fingerprint density at radius 3 is 2.77 bits per heavy atom. The maximum atomic E-state index is 13.3. The number of halogens is 1. The Hall–Kier alpha value is -3.84. The molecule has 0 spiro atoms. The monoisotopic (exact) mass is 557 g/mol. The Morgan fingerprint density at radius 1 is 1.26 bits per heavy atom. The summed E-state index contributed by atoms with van der Waals surface area (Å²) >= 11 is 3.41. The first-order valence-corrected chi connectivity index (χ1v) is 12.5. The van der Waals surface area contributed by atoms with E-state index in [9.17, 15) is 18.5 Å². The molecule has 13 heteroatoms. The van der Waals surface area contributed by atoms with Crippen molar-refractivity contribution in [3.05, 3.63) is 93.0 Å². The lowest BCUT2D eigenvalue weighted by Gasteiger charge is -2.21. The number of pyridine rings is 2.